The van der Waals surface area contributed by atoms with Crippen LogP contribution in [0.1, 0.15) is 50.8 Å². The van der Waals surface area contributed by atoms with Crippen molar-refractivity contribution in [2.24, 2.45) is 0 Å². The zero-order valence-corrected chi connectivity index (χ0v) is 10.4. The van der Waals surface area contributed by atoms with Gasteiger partial charge in [-0.2, -0.15) is 5.10 Å². The summed E-state index contributed by atoms with van der Waals surface area (Å²) in [6.45, 7) is 8.65. The maximum absolute atomic E-state index is 4.47. The van der Waals surface area contributed by atoms with E-state index < -0.39 is 0 Å². The Kier molecular flexibility index (Phi) is 4.82. The standard InChI is InChI=1S/C12H23N3/c1-5-6-7-15-12(10(2)3)11(8-13-4)9-14-15/h9-10,13H,5-8H2,1-4H3. The van der Waals surface area contributed by atoms with Crippen LogP contribution in [-0.2, 0) is 13.1 Å². The first kappa shape index (κ1) is 12.2. The Morgan fingerprint density at radius 3 is 2.73 bits per heavy atom. The van der Waals surface area contributed by atoms with Gasteiger partial charge in [0.15, 0.2) is 0 Å². The molecule has 1 rings (SSSR count). The molecular weight excluding hydrogens is 186 g/mol. The van der Waals surface area contributed by atoms with Gasteiger partial charge < -0.3 is 5.32 Å². The first-order valence-corrected chi connectivity index (χ1v) is 5.89. The number of nitrogens with zero attached hydrogens (tertiary/aromatic N) is 2. The lowest BCUT2D eigenvalue weighted by Crippen LogP contribution is -2.11. The highest BCUT2D eigenvalue weighted by molar-refractivity contribution is 5.20. The molecule has 0 atom stereocenters. The summed E-state index contributed by atoms with van der Waals surface area (Å²) < 4.78 is 2.17. The molecule has 15 heavy (non-hydrogen) atoms. The third kappa shape index (κ3) is 3.06. The molecular formula is C12H23N3. The normalized spacial score (nSPS) is 11.3. The molecule has 0 unspecified atom stereocenters. The number of nitrogens with one attached hydrogen (secondary N) is 1. The minimum atomic E-state index is 0.549. The molecule has 3 nitrogen and oxygen atoms in total. The van der Waals surface area contributed by atoms with Crippen LogP contribution in [0.3, 0.4) is 0 Å². The van der Waals surface area contributed by atoms with Crippen LogP contribution in [0.15, 0.2) is 6.20 Å². The lowest BCUT2D eigenvalue weighted by molar-refractivity contribution is 0.533. The Balaban J connectivity index is 2.85. The fourth-order valence-electron chi connectivity index (χ4n) is 1.92. The molecule has 0 saturated carbocycles. The van der Waals surface area contributed by atoms with Crippen molar-refractivity contribution >= 4 is 0 Å². The summed E-state index contributed by atoms with van der Waals surface area (Å²) in [5, 5.41) is 7.67. The fraction of sp³-hybridized carbons (Fsp3) is 0.750. The van der Waals surface area contributed by atoms with E-state index in [1.165, 1.54) is 24.1 Å². The van der Waals surface area contributed by atoms with Crippen LogP contribution in [0, 0.1) is 0 Å². The average molecular weight is 209 g/mol. The zero-order valence-electron chi connectivity index (χ0n) is 10.4. The molecule has 0 aliphatic carbocycles. The molecule has 0 bridgehead atoms. The van der Waals surface area contributed by atoms with Crippen LogP contribution in [0.4, 0.5) is 0 Å². The third-order valence-corrected chi connectivity index (χ3v) is 2.60. The Hall–Kier alpha value is -0.830. The number of aryl methyl sites for hydroxylation is 1. The van der Waals surface area contributed by atoms with Crippen LogP contribution in [-0.4, -0.2) is 16.8 Å². The summed E-state index contributed by atoms with van der Waals surface area (Å²) in [7, 11) is 1.98. The first-order valence-electron chi connectivity index (χ1n) is 5.89. The molecule has 1 heterocycles. The number of hydrogen-bond donors (Lipinski definition) is 1. The monoisotopic (exact) mass is 209 g/mol. The van der Waals surface area contributed by atoms with Gasteiger partial charge in [-0.3, -0.25) is 4.68 Å². The molecule has 0 aromatic carbocycles. The summed E-state index contributed by atoms with van der Waals surface area (Å²) >= 11 is 0. The molecule has 1 aromatic heterocycles. The van der Waals surface area contributed by atoms with Gasteiger partial charge >= 0.3 is 0 Å². The predicted octanol–water partition coefficient (Wildman–Crippen LogP) is 2.53. The van der Waals surface area contributed by atoms with Crippen molar-refractivity contribution in [1.29, 1.82) is 0 Å². The Labute approximate surface area is 92.9 Å². The van der Waals surface area contributed by atoms with E-state index in [4.69, 9.17) is 0 Å². The van der Waals surface area contributed by atoms with Crippen LogP contribution in [0.2, 0.25) is 0 Å². The second-order valence-corrected chi connectivity index (χ2v) is 4.32. The minimum Gasteiger partial charge on any atom is -0.316 e. The highest BCUT2D eigenvalue weighted by Gasteiger charge is 2.12. The van der Waals surface area contributed by atoms with Crippen molar-refractivity contribution in [2.75, 3.05) is 7.05 Å². The van der Waals surface area contributed by atoms with Gasteiger partial charge in [-0.1, -0.05) is 27.2 Å². The molecule has 86 valence electrons. The molecule has 1 aromatic rings. The second-order valence-electron chi connectivity index (χ2n) is 4.32. The quantitative estimate of drug-likeness (QED) is 0.780. The van der Waals surface area contributed by atoms with E-state index in [9.17, 15) is 0 Å². The molecule has 0 radical (unpaired) electrons. The number of rotatable bonds is 6. The van der Waals surface area contributed by atoms with Crippen LogP contribution in [0.5, 0.6) is 0 Å². The fourth-order valence-corrected chi connectivity index (χ4v) is 1.92. The molecule has 0 amide bonds. The highest BCUT2D eigenvalue weighted by atomic mass is 15.3. The van der Waals surface area contributed by atoms with E-state index in [0.29, 0.717) is 5.92 Å². The van der Waals surface area contributed by atoms with Gasteiger partial charge in [-0.15, -0.1) is 0 Å². The lowest BCUT2D eigenvalue weighted by Gasteiger charge is -2.12. The largest absolute Gasteiger partial charge is 0.316 e. The Morgan fingerprint density at radius 2 is 2.20 bits per heavy atom. The maximum atomic E-state index is 4.47. The smallest absolute Gasteiger partial charge is 0.0537 e. The summed E-state index contributed by atoms with van der Waals surface area (Å²) in [5.41, 5.74) is 2.72. The van der Waals surface area contributed by atoms with Crippen LogP contribution in [0.25, 0.3) is 0 Å². The topological polar surface area (TPSA) is 29.9 Å². The van der Waals surface area contributed by atoms with Gasteiger partial charge in [0.2, 0.25) is 0 Å². The maximum Gasteiger partial charge on any atom is 0.0537 e. The minimum absolute atomic E-state index is 0.549. The van der Waals surface area contributed by atoms with E-state index in [1.807, 2.05) is 13.2 Å². The SMILES string of the molecule is CCCCn1ncc(CNC)c1C(C)C. The summed E-state index contributed by atoms with van der Waals surface area (Å²) in [4.78, 5) is 0. The zero-order chi connectivity index (χ0) is 11.3. The summed E-state index contributed by atoms with van der Waals surface area (Å²) in [6, 6.07) is 0. The van der Waals surface area contributed by atoms with Crippen molar-refractivity contribution in [1.82, 2.24) is 15.1 Å². The molecule has 0 saturated heterocycles. The van der Waals surface area contributed by atoms with Crippen molar-refractivity contribution in [3.63, 3.8) is 0 Å². The van der Waals surface area contributed by atoms with Crippen LogP contribution >= 0.6 is 0 Å². The van der Waals surface area contributed by atoms with E-state index in [2.05, 4.69) is 35.9 Å². The second kappa shape index (κ2) is 5.91. The molecule has 1 N–H and O–H groups in total. The summed E-state index contributed by atoms with van der Waals surface area (Å²) in [6.07, 6.45) is 4.43. The molecule has 0 aliphatic rings. The van der Waals surface area contributed by atoms with E-state index in [-0.39, 0.29) is 0 Å². The number of aromatic nitrogens is 2. The average Bonchev–Trinajstić information content (AvgIpc) is 2.58. The van der Waals surface area contributed by atoms with E-state index >= 15 is 0 Å². The molecule has 3 heteroatoms. The first-order chi connectivity index (χ1) is 7.20. The van der Waals surface area contributed by atoms with Crippen molar-refractivity contribution in [3.05, 3.63) is 17.5 Å². The van der Waals surface area contributed by atoms with Gasteiger partial charge in [0, 0.05) is 24.3 Å². The van der Waals surface area contributed by atoms with Crippen LogP contribution < -0.4 is 5.32 Å². The van der Waals surface area contributed by atoms with Crippen molar-refractivity contribution in [3.8, 4) is 0 Å². The van der Waals surface area contributed by atoms with Gasteiger partial charge in [0.05, 0.1) is 6.20 Å². The van der Waals surface area contributed by atoms with Gasteiger partial charge in [0.1, 0.15) is 0 Å². The highest BCUT2D eigenvalue weighted by Crippen LogP contribution is 2.19. The van der Waals surface area contributed by atoms with Crippen molar-refractivity contribution < 1.29 is 0 Å². The molecule has 0 spiro atoms. The van der Waals surface area contributed by atoms with E-state index in [1.54, 1.807) is 0 Å². The number of hydrogen-bond acceptors (Lipinski definition) is 2. The summed E-state index contributed by atoms with van der Waals surface area (Å²) in [5.74, 6) is 0.549. The Morgan fingerprint density at radius 1 is 1.47 bits per heavy atom. The lowest BCUT2D eigenvalue weighted by atomic mass is 10.1. The van der Waals surface area contributed by atoms with Gasteiger partial charge in [-0.05, 0) is 19.4 Å². The van der Waals surface area contributed by atoms with E-state index in [0.717, 1.165) is 13.1 Å². The van der Waals surface area contributed by atoms with Gasteiger partial charge in [-0.25, -0.2) is 0 Å². The Bertz CT molecular complexity index is 289. The molecule has 0 fully saturated rings. The molecule has 0 aliphatic heterocycles. The predicted molar refractivity (Wildman–Crippen MR) is 64.0 cm³/mol. The van der Waals surface area contributed by atoms with Crippen molar-refractivity contribution in [2.45, 2.75) is 52.6 Å². The third-order valence-electron chi connectivity index (χ3n) is 2.60. The number of unbranched alkanes of at least 4 members (excludes halogenated alkanes) is 1. The van der Waals surface area contributed by atoms with Gasteiger partial charge in [0.25, 0.3) is 0 Å².